The molecule has 1 heterocycles. The molecule has 0 amide bonds. The second kappa shape index (κ2) is 13.1. The predicted octanol–water partition coefficient (Wildman–Crippen LogP) is 4.12. The van der Waals surface area contributed by atoms with Crippen molar-refractivity contribution in [2.45, 2.75) is 44.2 Å². The fourth-order valence-corrected chi connectivity index (χ4v) is 4.70. The van der Waals surface area contributed by atoms with Gasteiger partial charge in [-0.3, -0.25) is 4.18 Å². The van der Waals surface area contributed by atoms with Crippen molar-refractivity contribution in [1.29, 1.82) is 0 Å². The second-order valence-corrected chi connectivity index (χ2v) is 10.3. The summed E-state index contributed by atoms with van der Waals surface area (Å²) in [6.07, 6.45) is -1.52. The Hall–Kier alpha value is -2.59. The third-order valence-corrected chi connectivity index (χ3v) is 6.39. The standard InChI is InChI=1S/C28H32O7S/c1-36(29,30)35-26(20-31-17-22-11-5-2-6-12-22)28-27(33-19-24-15-9-4-10-16-24)25(21-34-28)32-18-23-13-7-3-8-14-23/h2-16,25-28H,17-21H2,1H3/t25?,26?,27?,28-/m1/s1. The lowest BCUT2D eigenvalue weighted by Crippen LogP contribution is -2.45. The van der Waals surface area contributed by atoms with Crippen LogP contribution in [0.4, 0.5) is 0 Å². The van der Waals surface area contributed by atoms with Gasteiger partial charge in [-0.15, -0.1) is 0 Å². The minimum Gasteiger partial charge on any atom is -0.374 e. The lowest BCUT2D eigenvalue weighted by molar-refractivity contribution is -0.107. The summed E-state index contributed by atoms with van der Waals surface area (Å²) < 4.78 is 54.0. The molecule has 4 rings (SSSR count). The molecule has 4 atom stereocenters. The summed E-state index contributed by atoms with van der Waals surface area (Å²) in [7, 11) is -3.78. The molecule has 1 aliphatic heterocycles. The largest absolute Gasteiger partial charge is 0.374 e. The molecule has 0 aliphatic carbocycles. The molecule has 0 N–H and O–H groups in total. The first kappa shape index (κ1) is 26.5. The Balaban J connectivity index is 1.47. The van der Waals surface area contributed by atoms with Crippen molar-refractivity contribution < 1.29 is 31.5 Å². The monoisotopic (exact) mass is 512 g/mol. The van der Waals surface area contributed by atoms with Crippen LogP contribution in [-0.4, -0.2) is 52.3 Å². The predicted molar refractivity (Wildman–Crippen MR) is 136 cm³/mol. The van der Waals surface area contributed by atoms with Crippen LogP contribution in [0.1, 0.15) is 16.7 Å². The van der Waals surface area contributed by atoms with Gasteiger partial charge in [0.05, 0.1) is 39.3 Å². The third kappa shape index (κ3) is 8.23. The van der Waals surface area contributed by atoms with E-state index in [9.17, 15) is 8.42 Å². The van der Waals surface area contributed by atoms with Crippen molar-refractivity contribution in [2.75, 3.05) is 19.5 Å². The molecule has 0 spiro atoms. The Morgan fingerprint density at radius 1 is 0.778 bits per heavy atom. The summed E-state index contributed by atoms with van der Waals surface area (Å²) in [5, 5.41) is 0. The Bertz CT molecular complexity index is 1140. The van der Waals surface area contributed by atoms with Gasteiger partial charge < -0.3 is 18.9 Å². The average Bonchev–Trinajstić information content (AvgIpc) is 3.29. The van der Waals surface area contributed by atoms with E-state index in [0.29, 0.717) is 19.8 Å². The number of hydrogen-bond donors (Lipinski definition) is 0. The van der Waals surface area contributed by atoms with Crippen LogP contribution in [0.15, 0.2) is 91.0 Å². The summed E-state index contributed by atoms with van der Waals surface area (Å²) in [6.45, 7) is 1.30. The zero-order chi connectivity index (χ0) is 25.2. The molecule has 7 nitrogen and oxygen atoms in total. The summed E-state index contributed by atoms with van der Waals surface area (Å²) >= 11 is 0. The van der Waals surface area contributed by atoms with Crippen LogP contribution in [0, 0.1) is 0 Å². The van der Waals surface area contributed by atoms with E-state index in [2.05, 4.69) is 0 Å². The Morgan fingerprint density at radius 3 is 1.81 bits per heavy atom. The maximum atomic E-state index is 12.1. The summed E-state index contributed by atoms with van der Waals surface area (Å²) in [5.74, 6) is 0. The molecule has 1 saturated heterocycles. The van der Waals surface area contributed by atoms with Gasteiger partial charge in [0.25, 0.3) is 10.1 Å². The summed E-state index contributed by atoms with van der Waals surface area (Å²) in [5.41, 5.74) is 2.99. The van der Waals surface area contributed by atoms with Gasteiger partial charge in [0.2, 0.25) is 0 Å². The summed E-state index contributed by atoms with van der Waals surface area (Å²) in [6, 6.07) is 29.3. The van der Waals surface area contributed by atoms with E-state index in [4.69, 9.17) is 23.1 Å². The molecule has 0 bridgehead atoms. The summed E-state index contributed by atoms with van der Waals surface area (Å²) in [4.78, 5) is 0. The van der Waals surface area contributed by atoms with Gasteiger partial charge in [-0.05, 0) is 16.7 Å². The quantitative estimate of drug-likeness (QED) is 0.319. The molecule has 1 aliphatic rings. The molecule has 192 valence electrons. The fourth-order valence-electron chi connectivity index (χ4n) is 4.08. The smallest absolute Gasteiger partial charge is 0.264 e. The molecular weight excluding hydrogens is 480 g/mol. The van der Waals surface area contributed by atoms with Gasteiger partial charge in [-0.25, -0.2) is 0 Å². The SMILES string of the molecule is CS(=O)(=O)OC(COCc1ccccc1)[C@H]1OCC(OCc2ccccc2)C1OCc1ccccc1. The van der Waals surface area contributed by atoms with Crippen LogP contribution >= 0.6 is 0 Å². The van der Waals surface area contributed by atoms with Crippen molar-refractivity contribution in [3.05, 3.63) is 108 Å². The van der Waals surface area contributed by atoms with Crippen LogP contribution in [0.25, 0.3) is 0 Å². The van der Waals surface area contributed by atoms with Crippen molar-refractivity contribution in [3.8, 4) is 0 Å². The number of rotatable bonds is 13. The topological polar surface area (TPSA) is 80.3 Å². The van der Waals surface area contributed by atoms with E-state index in [0.717, 1.165) is 22.9 Å². The normalized spacial score (nSPS) is 20.9. The van der Waals surface area contributed by atoms with Crippen LogP contribution in [0.3, 0.4) is 0 Å². The minimum absolute atomic E-state index is 0.0171. The molecule has 3 aromatic carbocycles. The highest BCUT2D eigenvalue weighted by Crippen LogP contribution is 2.28. The van der Waals surface area contributed by atoms with Gasteiger partial charge in [0.1, 0.15) is 24.4 Å². The fraction of sp³-hybridized carbons (Fsp3) is 0.357. The maximum Gasteiger partial charge on any atom is 0.264 e. The van der Waals surface area contributed by atoms with E-state index < -0.39 is 34.5 Å². The molecule has 0 radical (unpaired) electrons. The molecule has 1 fully saturated rings. The van der Waals surface area contributed by atoms with Crippen LogP contribution in [0.2, 0.25) is 0 Å². The van der Waals surface area contributed by atoms with Crippen LogP contribution < -0.4 is 0 Å². The molecule has 8 heteroatoms. The van der Waals surface area contributed by atoms with E-state index in [1.807, 2.05) is 91.0 Å². The van der Waals surface area contributed by atoms with Crippen molar-refractivity contribution >= 4 is 10.1 Å². The van der Waals surface area contributed by atoms with E-state index in [1.54, 1.807) is 0 Å². The van der Waals surface area contributed by atoms with Crippen molar-refractivity contribution in [3.63, 3.8) is 0 Å². The van der Waals surface area contributed by atoms with Gasteiger partial charge in [0.15, 0.2) is 0 Å². The van der Waals surface area contributed by atoms with Gasteiger partial charge in [0, 0.05) is 0 Å². The zero-order valence-electron chi connectivity index (χ0n) is 20.3. The van der Waals surface area contributed by atoms with Gasteiger partial charge in [-0.1, -0.05) is 91.0 Å². The Morgan fingerprint density at radius 2 is 1.28 bits per heavy atom. The van der Waals surface area contributed by atoms with E-state index in [-0.39, 0.29) is 13.2 Å². The lowest BCUT2D eigenvalue weighted by atomic mass is 10.1. The molecule has 0 saturated carbocycles. The average molecular weight is 513 g/mol. The van der Waals surface area contributed by atoms with Crippen molar-refractivity contribution in [1.82, 2.24) is 0 Å². The Kier molecular flexibility index (Phi) is 9.63. The molecule has 36 heavy (non-hydrogen) atoms. The number of benzene rings is 3. The number of hydrogen-bond acceptors (Lipinski definition) is 7. The first-order valence-electron chi connectivity index (χ1n) is 11.9. The first-order valence-corrected chi connectivity index (χ1v) is 13.7. The van der Waals surface area contributed by atoms with Crippen LogP contribution in [0.5, 0.6) is 0 Å². The third-order valence-electron chi connectivity index (χ3n) is 5.79. The highest BCUT2D eigenvalue weighted by atomic mass is 32.2. The van der Waals surface area contributed by atoms with E-state index >= 15 is 0 Å². The lowest BCUT2D eigenvalue weighted by Gasteiger charge is -2.29. The second-order valence-electron chi connectivity index (χ2n) is 8.73. The van der Waals surface area contributed by atoms with Gasteiger partial charge in [-0.2, -0.15) is 8.42 Å². The van der Waals surface area contributed by atoms with E-state index in [1.165, 1.54) is 0 Å². The van der Waals surface area contributed by atoms with Crippen LogP contribution in [-0.2, 0) is 53.1 Å². The molecular formula is C28H32O7S. The molecule has 3 unspecified atom stereocenters. The zero-order valence-corrected chi connectivity index (χ0v) is 21.1. The van der Waals surface area contributed by atoms with Gasteiger partial charge >= 0.3 is 0 Å². The molecule has 3 aromatic rings. The highest BCUT2D eigenvalue weighted by Gasteiger charge is 2.45. The first-order chi connectivity index (χ1) is 17.5. The van der Waals surface area contributed by atoms with Crippen molar-refractivity contribution in [2.24, 2.45) is 0 Å². The minimum atomic E-state index is -3.78. The maximum absolute atomic E-state index is 12.1. The number of ether oxygens (including phenoxy) is 4. The Labute approximate surface area is 213 Å². The molecule has 0 aromatic heterocycles. The highest BCUT2D eigenvalue weighted by molar-refractivity contribution is 7.86.